The Kier molecular flexibility index (Phi) is 7.21. The van der Waals surface area contributed by atoms with Crippen LogP contribution in [0.15, 0.2) is 39.9 Å². The zero-order valence-corrected chi connectivity index (χ0v) is 17.0. The fraction of sp³-hybridized carbons (Fsp3) is 0.300. The molecule has 5 nitrogen and oxygen atoms in total. The third-order valence-corrected chi connectivity index (χ3v) is 4.47. The Morgan fingerprint density at radius 3 is 2.65 bits per heavy atom. The van der Waals surface area contributed by atoms with Gasteiger partial charge in [-0.3, -0.25) is 4.79 Å². The van der Waals surface area contributed by atoms with Crippen molar-refractivity contribution in [2.24, 2.45) is 5.10 Å². The van der Waals surface area contributed by atoms with E-state index in [4.69, 9.17) is 9.47 Å². The van der Waals surface area contributed by atoms with Crippen LogP contribution in [0.3, 0.4) is 0 Å². The molecule has 2 aromatic carbocycles. The van der Waals surface area contributed by atoms with E-state index in [1.165, 1.54) is 11.1 Å². The number of amides is 1. The summed E-state index contributed by atoms with van der Waals surface area (Å²) < 4.78 is 11.7. The van der Waals surface area contributed by atoms with Crippen LogP contribution in [-0.4, -0.2) is 25.8 Å². The number of nitrogens with one attached hydrogen (secondary N) is 1. The third-order valence-electron chi connectivity index (χ3n) is 3.88. The van der Waals surface area contributed by atoms with Gasteiger partial charge in [0, 0.05) is 0 Å². The zero-order valence-electron chi connectivity index (χ0n) is 15.4. The van der Waals surface area contributed by atoms with Gasteiger partial charge in [-0.2, -0.15) is 5.10 Å². The van der Waals surface area contributed by atoms with Gasteiger partial charge in [0.15, 0.2) is 11.5 Å². The van der Waals surface area contributed by atoms with E-state index in [1.54, 1.807) is 19.4 Å². The van der Waals surface area contributed by atoms with Crippen molar-refractivity contribution in [2.45, 2.75) is 27.2 Å². The van der Waals surface area contributed by atoms with Gasteiger partial charge >= 0.3 is 0 Å². The van der Waals surface area contributed by atoms with E-state index >= 15 is 0 Å². The molecule has 1 N–H and O–H groups in total. The van der Waals surface area contributed by atoms with E-state index in [2.05, 4.69) is 26.5 Å². The number of hydrazone groups is 1. The predicted molar refractivity (Wildman–Crippen MR) is 107 cm³/mol. The van der Waals surface area contributed by atoms with Crippen molar-refractivity contribution in [3.05, 3.63) is 57.1 Å². The first-order chi connectivity index (χ1) is 12.4. The topological polar surface area (TPSA) is 59.9 Å². The second-order valence-corrected chi connectivity index (χ2v) is 6.71. The fourth-order valence-electron chi connectivity index (χ4n) is 2.42. The molecule has 0 atom stereocenters. The number of hydrogen-bond acceptors (Lipinski definition) is 4. The first kappa shape index (κ1) is 20.0. The lowest BCUT2D eigenvalue weighted by Crippen LogP contribution is -2.19. The molecule has 0 fully saturated rings. The number of methoxy groups -OCH3 is 1. The second kappa shape index (κ2) is 9.38. The molecular weight excluding hydrogens is 396 g/mol. The predicted octanol–water partition coefficient (Wildman–Crippen LogP) is 4.17. The van der Waals surface area contributed by atoms with Gasteiger partial charge in [0.25, 0.3) is 0 Å². The Morgan fingerprint density at radius 2 is 2.00 bits per heavy atom. The Balaban J connectivity index is 2.02. The first-order valence-electron chi connectivity index (χ1n) is 8.33. The minimum absolute atomic E-state index is 0.165. The van der Waals surface area contributed by atoms with Crippen molar-refractivity contribution in [2.75, 3.05) is 13.7 Å². The smallest absolute Gasteiger partial charge is 0.244 e. The largest absolute Gasteiger partial charge is 0.493 e. The Morgan fingerprint density at radius 1 is 1.23 bits per heavy atom. The lowest BCUT2D eigenvalue weighted by atomic mass is 10.0. The van der Waals surface area contributed by atoms with E-state index in [9.17, 15) is 4.79 Å². The molecule has 2 aromatic rings. The van der Waals surface area contributed by atoms with E-state index in [-0.39, 0.29) is 12.3 Å². The first-order valence-corrected chi connectivity index (χ1v) is 9.12. The number of rotatable bonds is 7. The molecule has 0 aromatic heterocycles. The average molecular weight is 419 g/mol. The number of benzene rings is 2. The number of carbonyl (C=O) groups excluding carboxylic acids is 1. The van der Waals surface area contributed by atoms with Crippen LogP contribution in [0.25, 0.3) is 0 Å². The van der Waals surface area contributed by atoms with Gasteiger partial charge < -0.3 is 9.47 Å². The highest BCUT2D eigenvalue weighted by Gasteiger charge is 2.10. The van der Waals surface area contributed by atoms with E-state index in [0.29, 0.717) is 18.1 Å². The van der Waals surface area contributed by atoms with Crippen LogP contribution in [0.4, 0.5) is 0 Å². The molecule has 6 heteroatoms. The second-order valence-electron chi connectivity index (χ2n) is 5.86. The molecule has 0 unspecified atom stereocenters. The summed E-state index contributed by atoms with van der Waals surface area (Å²) in [6.45, 7) is 6.53. The monoisotopic (exact) mass is 418 g/mol. The Bertz CT molecular complexity index is 819. The Hall–Kier alpha value is -2.34. The maximum Gasteiger partial charge on any atom is 0.244 e. The quantitative estimate of drug-likeness (QED) is 0.542. The van der Waals surface area contributed by atoms with Crippen molar-refractivity contribution in [1.82, 2.24) is 5.43 Å². The lowest BCUT2D eigenvalue weighted by Gasteiger charge is -2.11. The number of nitrogens with zero attached hydrogens (tertiary/aromatic N) is 1. The van der Waals surface area contributed by atoms with Crippen LogP contribution in [0.5, 0.6) is 11.5 Å². The molecule has 0 bridgehead atoms. The highest BCUT2D eigenvalue weighted by Crippen LogP contribution is 2.36. The van der Waals surface area contributed by atoms with Crippen LogP contribution in [0.1, 0.15) is 29.2 Å². The van der Waals surface area contributed by atoms with Crippen LogP contribution in [0, 0.1) is 13.8 Å². The molecule has 0 saturated carbocycles. The summed E-state index contributed by atoms with van der Waals surface area (Å²) in [5.74, 6) is 1.08. The molecule has 0 heterocycles. The molecule has 0 aliphatic heterocycles. The molecule has 0 aliphatic rings. The van der Waals surface area contributed by atoms with Crippen molar-refractivity contribution in [1.29, 1.82) is 0 Å². The molecule has 2 rings (SSSR count). The van der Waals surface area contributed by atoms with Crippen molar-refractivity contribution in [3.63, 3.8) is 0 Å². The third kappa shape index (κ3) is 5.33. The summed E-state index contributed by atoms with van der Waals surface area (Å²) in [6.07, 6.45) is 1.86. The molecule has 0 spiro atoms. The number of aryl methyl sites for hydroxylation is 2. The summed E-state index contributed by atoms with van der Waals surface area (Å²) in [7, 11) is 1.58. The molecular formula is C20H23BrN2O3. The normalized spacial score (nSPS) is 10.8. The number of ether oxygens (including phenoxy) is 2. The molecule has 26 heavy (non-hydrogen) atoms. The van der Waals surface area contributed by atoms with Gasteiger partial charge in [-0.1, -0.05) is 18.2 Å². The van der Waals surface area contributed by atoms with Crippen molar-refractivity contribution < 1.29 is 14.3 Å². The van der Waals surface area contributed by atoms with E-state index < -0.39 is 0 Å². The van der Waals surface area contributed by atoms with Crippen LogP contribution >= 0.6 is 15.9 Å². The summed E-state index contributed by atoms with van der Waals surface area (Å²) >= 11 is 3.46. The van der Waals surface area contributed by atoms with E-state index in [0.717, 1.165) is 15.6 Å². The fourth-order valence-corrected chi connectivity index (χ4v) is 2.99. The zero-order chi connectivity index (χ0) is 19.1. The number of hydrogen-bond donors (Lipinski definition) is 1. The highest BCUT2D eigenvalue weighted by molar-refractivity contribution is 9.10. The Labute approximate surface area is 162 Å². The SMILES string of the molecule is CCOc1c(Br)cc(/C=N\NC(=O)Cc2ccc(C)c(C)c2)cc1OC. The van der Waals surface area contributed by atoms with Crippen molar-refractivity contribution >= 4 is 28.1 Å². The highest BCUT2D eigenvalue weighted by atomic mass is 79.9. The van der Waals surface area contributed by atoms with Crippen LogP contribution in [0.2, 0.25) is 0 Å². The average Bonchev–Trinajstić information content (AvgIpc) is 2.60. The van der Waals surface area contributed by atoms with Gasteiger partial charge in [0.05, 0.1) is 30.8 Å². The maximum absolute atomic E-state index is 12.0. The summed E-state index contributed by atoms with van der Waals surface area (Å²) in [4.78, 5) is 12.0. The van der Waals surface area contributed by atoms with Gasteiger partial charge in [-0.05, 0) is 71.1 Å². The number of halogens is 1. The van der Waals surface area contributed by atoms with Crippen LogP contribution in [-0.2, 0) is 11.2 Å². The maximum atomic E-state index is 12.0. The molecule has 1 amide bonds. The molecule has 0 radical (unpaired) electrons. The van der Waals surface area contributed by atoms with Gasteiger partial charge in [0.1, 0.15) is 0 Å². The molecule has 0 saturated heterocycles. The molecule has 0 aliphatic carbocycles. The minimum atomic E-state index is -0.165. The molecule has 138 valence electrons. The van der Waals surface area contributed by atoms with Gasteiger partial charge in [-0.15, -0.1) is 0 Å². The standard InChI is InChI=1S/C20H23BrN2O3/c1-5-26-20-17(21)9-16(10-18(20)25-4)12-22-23-19(24)11-15-7-6-13(2)14(3)8-15/h6-10,12H,5,11H2,1-4H3,(H,23,24)/b22-12-. The van der Waals surface area contributed by atoms with Crippen LogP contribution < -0.4 is 14.9 Å². The number of carbonyl (C=O) groups is 1. The summed E-state index contributed by atoms with van der Waals surface area (Å²) in [5, 5.41) is 4.03. The lowest BCUT2D eigenvalue weighted by molar-refractivity contribution is -0.120. The summed E-state index contributed by atoms with van der Waals surface area (Å²) in [5.41, 5.74) is 6.68. The van der Waals surface area contributed by atoms with Gasteiger partial charge in [-0.25, -0.2) is 5.43 Å². The summed E-state index contributed by atoms with van der Waals surface area (Å²) in [6, 6.07) is 9.65. The van der Waals surface area contributed by atoms with Gasteiger partial charge in [0.2, 0.25) is 5.91 Å². The van der Waals surface area contributed by atoms with E-state index in [1.807, 2.05) is 45.0 Å². The minimum Gasteiger partial charge on any atom is -0.493 e. The van der Waals surface area contributed by atoms with Crippen molar-refractivity contribution in [3.8, 4) is 11.5 Å².